The summed E-state index contributed by atoms with van der Waals surface area (Å²) in [6.07, 6.45) is 1.84. The molecule has 0 unspecified atom stereocenters. The fraction of sp³-hybridized carbons (Fsp3) is 0.240. The van der Waals surface area contributed by atoms with Crippen molar-refractivity contribution in [3.05, 3.63) is 77.1 Å². The van der Waals surface area contributed by atoms with E-state index in [1.807, 2.05) is 41.0 Å². The molecule has 2 aromatic carbocycles. The highest BCUT2D eigenvalue weighted by Crippen LogP contribution is 2.37. The Hall–Kier alpha value is -3.30. The van der Waals surface area contributed by atoms with Gasteiger partial charge >= 0.3 is 0 Å². The molecule has 0 radical (unpaired) electrons. The lowest BCUT2D eigenvalue weighted by atomic mass is 10.1. The maximum absolute atomic E-state index is 6.05. The van der Waals surface area contributed by atoms with Crippen molar-refractivity contribution >= 4 is 23.1 Å². The van der Waals surface area contributed by atoms with E-state index in [9.17, 15) is 0 Å². The molecule has 1 aliphatic heterocycles. The number of benzene rings is 2. The molecule has 34 heavy (non-hydrogen) atoms. The molecule has 0 fully saturated rings. The SMILES string of the molecule is C=CCn1c(COc2cccc(C)c2C)nnc1SCc1csc(-c2ccc3c(c2)OCO3)n1. The van der Waals surface area contributed by atoms with Crippen molar-refractivity contribution in [2.75, 3.05) is 6.79 Å². The highest BCUT2D eigenvalue weighted by Gasteiger charge is 2.17. The molecule has 9 heteroatoms. The first-order chi connectivity index (χ1) is 16.6. The molecule has 3 heterocycles. The average Bonchev–Trinajstić information content (AvgIpc) is 3.58. The predicted octanol–water partition coefficient (Wildman–Crippen LogP) is 5.80. The lowest BCUT2D eigenvalue weighted by Gasteiger charge is -2.11. The number of thioether (sulfide) groups is 1. The van der Waals surface area contributed by atoms with E-state index in [0.717, 1.165) is 50.1 Å². The number of thiazole rings is 1. The Balaban J connectivity index is 1.26. The largest absolute Gasteiger partial charge is 0.485 e. The normalized spacial score (nSPS) is 12.2. The topological polar surface area (TPSA) is 71.3 Å². The van der Waals surface area contributed by atoms with E-state index >= 15 is 0 Å². The molecule has 0 amide bonds. The van der Waals surface area contributed by atoms with Crippen LogP contribution in [0, 0.1) is 13.8 Å². The summed E-state index contributed by atoms with van der Waals surface area (Å²) >= 11 is 3.21. The minimum absolute atomic E-state index is 0.265. The molecule has 174 valence electrons. The molecule has 5 rings (SSSR count). The van der Waals surface area contributed by atoms with Crippen molar-refractivity contribution in [3.63, 3.8) is 0 Å². The van der Waals surface area contributed by atoms with Crippen molar-refractivity contribution < 1.29 is 14.2 Å². The third-order valence-corrected chi connectivity index (χ3v) is 7.48. The van der Waals surface area contributed by atoms with Gasteiger partial charge in [-0.1, -0.05) is 30.0 Å². The number of allylic oxidation sites excluding steroid dienone is 1. The van der Waals surface area contributed by atoms with E-state index in [4.69, 9.17) is 19.2 Å². The second kappa shape index (κ2) is 9.90. The van der Waals surface area contributed by atoms with E-state index < -0.39 is 0 Å². The summed E-state index contributed by atoms with van der Waals surface area (Å²) in [7, 11) is 0. The quantitative estimate of drug-likeness (QED) is 0.216. The van der Waals surface area contributed by atoms with Crippen LogP contribution in [-0.4, -0.2) is 26.5 Å². The lowest BCUT2D eigenvalue weighted by Crippen LogP contribution is -2.08. The van der Waals surface area contributed by atoms with E-state index in [1.165, 1.54) is 5.56 Å². The Morgan fingerprint density at radius 3 is 2.94 bits per heavy atom. The van der Waals surface area contributed by atoms with Gasteiger partial charge in [0, 0.05) is 23.2 Å². The molecule has 7 nitrogen and oxygen atoms in total. The third-order valence-electron chi connectivity index (χ3n) is 5.54. The van der Waals surface area contributed by atoms with Crippen LogP contribution in [-0.2, 0) is 18.9 Å². The van der Waals surface area contributed by atoms with Gasteiger partial charge in [-0.05, 0) is 49.2 Å². The van der Waals surface area contributed by atoms with Crippen LogP contribution in [0.2, 0.25) is 0 Å². The first-order valence-corrected chi connectivity index (χ1v) is 12.7. The summed E-state index contributed by atoms with van der Waals surface area (Å²) in [4.78, 5) is 4.80. The molecule has 0 saturated carbocycles. The van der Waals surface area contributed by atoms with Gasteiger partial charge < -0.3 is 14.2 Å². The lowest BCUT2D eigenvalue weighted by molar-refractivity contribution is 0.174. The Kier molecular flexibility index (Phi) is 6.55. The molecule has 2 aromatic heterocycles. The number of rotatable bonds is 9. The molecule has 1 aliphatic rings. The number of aromatic nitrogens is 4. The van der Waals surface area contributed by atoms with E-state index in [-0.39, 0.29) is 6.79 Å². The first-order valence-electron chi connectivity index (χ1n) is 10.8. The molecule has 0 aliphatic carbocycles. The van der Waals surface area contributed by atoms with E-state index in [0.29, 0.717) is 18.9 Å². The van der Waals surface area contributed by atoms with Gasteiger partial charge in [-0.15, -0.1) is 28.1 Å². The van der Waals surface area contributed by atoms with Crippen molar-refractivity contribution in [1.82, 2.24) is 19.7 Å². The number of ether oxygens (including phenoxy) is 3. The zero-order valence-corrected chi connectivity index (χ0v) is 20.6. The molecule has 0 saturated heterocycles. The summed E-state index contributed by atoms with van der Waals surface area (Å²) in [5.74, 6) is 3.85. The number of hydrogen-bond acceptors (Lipinski definition) is 8. The van der Waals surface area contributed by atoms with Gasteiger partial charge in [0.1, 0.15) is 17.4 Å². The molecular formula is C25H24N4O3S2. The average molecular weight is 493 g/mol. The summed E-state index contributed by atoms with van der Waals surface area (Å²) in [5, 5.41) is 12.6. The van der Waals surface area contributed by atoms with Gasteiger partial charge in [0.2, 0.25) is 6.79 Å². The standard InChI is InChI=1S/C25H24N4O3S2/c1-4-10-29-23(12-30-20-7-5-6-16(2)17(20)3)27-28-25(29)34-14-19-13-33-24(26-19)18-8-9-21-22(11-18)32-15-31-21/h4-9,11,13H,1,10,12,14-15H2,2-3H3. The van der Waals surface area contributed by atoms with Crippen molar-refractivity contribution in [3.8, 4) is 27.8 Å². The molecule has 0 spiro atoms. The number of fused-ring (bicyclic) bond motifs is 1. The second-order valence-electron chi connectivity index (χ2n) is 7.79. The van der Waals surface area contributed by atoms with Gasteiger partial charge in [0.05, 0.1) is 5.69 Å². The summed E-state index contributed by atoms with van der Waals surface area (Å²) in [5.41, 5.74) is 4.34. The Morgan fingerprint density at radius 1 is 1.18 bits per heavy atom. The highest BCUT2D eigenvalue weighted by molar-refractivity contribution is 7.98. The van der Waals surface area contributed by atoms with Crippen LogP contribution in [0.4, 0.5) is 0 Å². The van der Waals surface area contributed by atoms with Crippen molar-refractivity contribution in [2.24, 2.45) is 0 Å². The zero-order chi connectivity index (χ0) is 23.5. The van der Waals surface area contributed by atoms with Crippen LogP contribution in [0.3, 0.4) is 0 Å². The van der Waals surface area contributed by atoms with Crippen molar-refractivity contribution in [2.45, 2.75) is 37.9 Å². The van der Waals surface area contributed by atoms with Crippen LogP contribution >= 0.6 is 23.1 Å². The molecule has 0 atom stereocenters. The van der Waals surface area contributed by atoms with Gasteiger partial charge in [-0.3, -0.25) is 4.57 Å². The predicted molar refractivity (Wildman–Crippen MR) is 134 cm³/mol. The number of hydrogen-bond donors (Lipinski definition) is 0. The fourth-order valence-electron chi connectivity index (χ4n) is 3.54. The molecular weight excluding hydrogens is 468 g/mol. The van der Waals surface area contributed by atoms with Crippen molar-refractivity contribution in [1.29, 1.82) is 0 Å². The minimum atomic E-state index is 0.265. The summed E-state index contributed by atoms with van der Waals surface area (Å²) < 4.78 is 19.0. The van der Waals surface area contributed by atoms with Crippen LogP contribution in [0.1, 0.15) is 22.6 Å². The first kappa shape index (κ1) is 22.5. The molecule has 4 aromatic rings. The summed E-state index contributed by atoms with van der Waals surface area (Å²) in [6.45, 7) is 9.24. The van der Waals surface area contributed by atoms with Crippen LogP contribution in [0.15, 0.2) is 59.6 Å². The molecule has 0 bridgehead atoms. The fourth-order valence-corrected chi connectivity index (χ4v) is 5.32. The Labute approximate surface area is 206 Å². The zero-order valence-electron chi connectivity index (χ0n) is 19.0. The van der Waals surface area contributed by atoms with E-state index in [1.54, 1.807) is 23.1 Å². The van der Waals surface area contributed by atoms with Gasteiger partial charge in [0.15, 0.2) is 22.5 Å². The Bertz CT molecular complexity index is 1330. The monoisotopic (exact) mass is 492 g/mol. The van der Waals surface area contributed by atoms with Crippen LogP contribution in [0.25, 0.3) is 10.6 Å². The van der Waals surface area contributed by atoms with Crippen LogP contribution in [0.5, 0.6) is 17.2 Å². The third kappa shape index (κ3) is 4.67. The highest BCUT2D eigenvalue weighted by atomic mass is 32.2. The van der Waals surface area contributed by atoms with Gasteiger partial charge in [-0.25, -0.2) is 4.98 Å². The van der Waals surface area contributed by atoms with E-state index in [2.05, 4.69) is 42.1 Å². The number of nitrogens with zero attached hydrogens (tertiary/aromatic N) is 4. The van der Waals surface area contributed by atoms with Gasteiger partial charge in [-0.2, -0.15) is 0 Å². The maximum Gasteiger partial charge on any atom is 0.231 e. The maximum atomic E-state index is 6.05. The van der Waals surface area contributed by atoms with Gasteiger partial charge in [0.25, 0.3) is 0 Å². The summed E-state index contributed by atoms with van der Waals surface area (Å²) in [6, 6.07) is 12.0. The smallest absolute Gasteiger partial charge is 0.231 e. The second-order valence-corrected chi connectivity index (χ2v) is 9.59. The minimum Gasteiger partial charge on any atom is -0.485 e. The molecule has 0 N–H and O–H groups in total. The Morgan fingerprint density at radius 2 is 2.06 bits per heavy atom. The number of aryl methyl sites for hydroxylation is 1. The van der Waals surface area contributed by atoms with Crippen LogP contribution < -0.4 is 14.2 Å².